The average molecular weight is 395 g/mol. The number of hydrogen-bond donors (Lipinski definition) is 2. The highest BCUT2D eigenvalue weighted by Gasteiger charge is 2.25. The van der Waals surface area contributed by atoms with Crippen LogP contribution in [0.3, 0.4) is 0 Å². The van der Waals surface area contributed by atoms with Gasteiger partial charge in [0.05, 0.1) is 0 Å². The Labute approximate surface area is 172 Å². The molecular formula is C23H30N4O2. The predicted octanol–water partition coefficient (Wildman–Crippen LogP) is 2.88. The molecule has 2 amide bonds. The number of anilines is 1. The molecule has 1 fully saturated rings. The van der Waals surface area contributed by atoms with Crippen LogP contribution in [0.5, 0.6) is 0 Å². The quantitative estimate of drug-likeness (QED) is 0.790. The largest absolute Gasteiger partial charge is 0.337 e. The van der Waals surface area contributed by atoms with Gasteiger partial charge in [0, 0.05) is 43.3 Å². The predicted molar refractivity (Wildman–Crippen MR) is 116 cm³/mol. The van der Waals surface area contributed by atoms with Gasteiger partial charge in [-0.25, -0.2) is 0 Å². The number of carbonyl (C=O) groups excluding carboxylic acids is 2. The first kappa shape index (κ1) is 21.0. The Hall–Kier alpha value is -2.70. The summed E-state index contributed by atoms with van der Waals surface area (Å²) in [4.78, 5) is 29.2. The topological polar surface area (TPSA) is 78.7 Å². The van der Waals surface area contributed by atoms with Crippen molar-refractivity contribution in [1.82, 2.24) is 9.80 Å². The number of nitrogens with zero attached hydrogens (tertiary/aromatic N) is 2. The van der Waals surface area contributed by atoms with E-state index >= 15 is 0 Å². The molecular weight excluding hydrogens is 364 g/mol. The molecule has 1 aliphatic heterocycles. The van der Waals surface area contributed by atoms with E-state index < -0.39 is 0 Å². The number of nitrogens with one attached hydrogen (secondary N) is 1. The Morgan fingerprint density at radius 2 is 1.86 bits per heavy atom. The molecule has 0 aromatic heterocycles. The van der Waals surface area contributed by atoms with Crippen LogP contribution in [0.4, 0.5) is 5.69 Å². The molecule has 0 aliphatic carbocycles. The zero-order valence-corrected chi connectivity index (χ0v) is 17.2. The van der Waals surface area contributed by atoms with E-state index in [1.165, 1.54) is 0 Å². The number of rotatable bonds is 6. The van der Waals surface area contributed by atoms with Gasteiger partial charge in [0.1, 0.15) is 0 Å². The fraction of sp³-hybridized carbons (Fsp3) is 0.391. The summed E-state index contributed by atoms with van der Waals surface area (Å²) in [6, 6.07) is 16.5. The molecule has 1 heterocycles. The molecule has 1 aliphatic rings. The minimum atomic E-state index is -0.348. The lowest BCUT2D eigenvalue weighted by Crippen LogP contribution is -2.47. The van der Waals surface area contributed by atoms with E-state index in [0.29, 0.717) is 11.3 Å². The molecule has 0 radical (unpaired) electrons. The van der Waals surface area contributed by atoms with Crippen molar-refractivity contribution < 1.29 is 9.59 Å². The number of piperidine rings is 1. The van der Waals surface area contributed by atoms with Gasteiger partial charge in [0.15, 0.2) is 0 Å². The third-order valence-corrected chi connectivity index (χ3v) is 5.52. The normalized spacial score (nSPS) is 18.1. The van der Waals surface area contributed by atoms with E-state index in [4.69, 9.17) is 5.73 Å². The highest BCUT2D eigenvalue weighted by atomic mass is 16.2. The molecule has 0 spiro atoms. The van der Waals surface area contributed by atoms with E-state index in [2.05, 4.69) is 17.3 Å². The van der Waals surface area contributed by atoms with Crippen LogP contribution in [-0.4, -0.2) is 54.8 Å². The number of likely N-dealkylation sites (N-methyl/N-ethyl adjacent to an activating group) is 2. The third-order valence-electron chi connectivity index (χ3n) is 5.52. The van der Waals surface area contributed by atoms with E-state index in [-0.39, 0.29) is 30.3 Å². The molecule has 0 bridgehead atoms. The molecule has 1 saturated heterocycles. The van der Waals surface area contributed by atoms with Crippen LogP contribution in [0, 0.1) is 0 Å². The van der Waals surface area contributed by atoms with Crippen molar-refractivity contribution in [1.29, 1.82) is 0 Å². The number of nitrogens with two attached hydrogens (primary N) is 1. The van der Waals surface area contributed by atoms with Crippen LogP contribution in [0.15, 0.2) is 54.6 Å². The lowest BCUT2D eigenvalue weighted by molar-refractivity contribution is -0.116. The van der Waals surface area contributed by atoms with Crippen LogP contribution < -0.4 is 11.1 Å². The lowest BCUT2D eigenvalue weighted by atomic mass is 10.0. The van der Waals surface area contributed by atoms with Crippen LogP contribution in [-0.2, 0) is 4.79 Å². The van der Waals surface area contributed by atoms with E-state index in [0.717, 1.165) is 31.5 Å². The number of hydrogen-bond acceptors (Lipinski definition) is 4. The molecule has 2 atom stereocenters. The molecule has 3 rings (SSSR count). The Bertz CT molecular complexity index is 823. The second-order valence-corrected chi connectivity index (χ2v) is 7.82. The maximum absolute atomic E-state index is 12.8. The number of benzene rings is 2. The first-order chi connectivity index (χ1) is 13.9. The van der Waals surface area contributed by atoms with Gasteiger partial charge in [-0.2, -0.15) is 0 Å². The Balaban J connectivity index is 1.55. The fourth-order valence-electron chi connectivity index (χ4n) is 3.75. The summed E-state index contributed by atoms with van der Waals surface area (Å²) < 4.78 is 0. The second-order valence-electron chi connectivity index (χ2n) is 7.82. The van der Waals surface area contributed by atoms with Gasteiger partial charge < -0.3 is 20.9 Å². The Morgan fingerprint density at radius 1 is 1.17 bits per heavy atom. The van der Waals surface area contributed by atoms with Gasteiger partial charge in [0.2, 0.25) is 5.91 Å². The van der Waals surface area contributed by atoms with Crippen molar-refractivity contribution in [2.75, 3.05) is 32.5 Å². The summed E-state index contributed by atoms with van der Waals surface area (Å²) in [5, 5.41) is 2.86. The van der Waals surface area contributed by atoms with Gasteiger partial charge in [0.25, 0.3) is 5.91 Å². The van der Waals surface area contributed by atoms with Crippen LogP contribution in [0.2, 0.25) is 0 Å². The maximum atomic E-state index is 12.8. The molecule has 2 aromatic carbocycles. The van der Waals surface area contributed by atoms with Crippen LogP contribution in [0.25, 0.3) is 0 Å². The van der Waals surface area contributed by atoms with Crippen molar-refractivity contribution in [2.24, 2.45) is 5.73 Å². The molecule has 2 aromatic rings. The third kappa shape index (κ3) is 5.65. The molecule has 29 heavy (non-hydrogen) atoms. The summed E-state index contributed by atoms with van der Waals surface area (Å²) in [7, 11) is 3.96. The zero-order valence-electron chi connectivity index (χ0n) is 17.2. The summed E-state index contributed by atoms with van der Waals surface area (Å²) in [5.74, 6) is -0.142. The summed E-state index contributed by atoms with van der Waals surface area (Å²) in [5.41, 5.74) is 8.33. The van der Waals surface area contributed by atoms with E-state index in [9.17, 15) is 9.59 Å². The minimum absolute atomic E-state index is 0.00859. The van der Waals surface area contributed by atoms with E-state index in [1.807, 2.05) is 42.3 Å². The number of carbonyl (C=O) groups is 2. The average Bonchev–Trinajstić information content (AvgIpc) is 2.73. The van der Waals surface area contributed by atoms with E-state index in [1.54, 1.807) is 24.3 Å². The first-order valence-electron chi connectivity index (χ1n) is 10.1. The highest BCUT2D eigenvalue weighted by molar-refractivity contribution is 5.96. The standard InChI is InChI=1S/C23H30N4O2/c1-26-14-6-9-20(16-26)27(2)23(29)18-10-12-19(13-11-18)25-22(28)15-21(24)17-7-4-3-5-8-17/h3-5,7-8,10-13,20-21H,6,9,14-16,24H2,1-2H3,(H,25,28). The molecule has 2 unspecified atom stereocenters. The summed E-state index contributed by atoms with van der Waals surface area (Å²) >= 11 is 0. The lowest BCUT2D eigenvalue weighted by Gasteiger charge is -2.35. The Morgan fingerprint density at radius 3 is 2.52 bits per heavy atom. The smallest absolute Gasteiger partial charge is 0.253 e. The maximum Gasteiger partial charge on any atom is 0.253 e. The molecule has 154 valence electrons. The van der Waals surface area contributed by atoms with Crippen LogP contribution >= 0.6 is 0 Å². The summed E-state index contributed by atoms with van der Waals surface area (Å²) in [6.07, 6.45) is 2.33. The van der Waals surface area contributed by atoms with Crippen molar-refractivity contribution in [3.8, 4) is 0 Å². The number of likely N-dealkylation sites (tertiary alicyclic amines) is 1. The van der Waals surface area contributed by atoms with Gasteiger partial charge in [-0.1, -0.05) is 30.3 Å². The zero-order chi connectivity index (χ0) is 20.8. The minimum Gasteiger partial charge on any atom is -0.337 e. The monoisotopic (exact) mass is 394 g/mol. The number of amides is 2. The molecule has 3 N–H and O–H groups in total. The fourth-order valence-corrected chi connectivity index (χ4v) is 3.75. The van der Waals surface area contributed by atoms with Crippen LogP contribution in [0.1, 0.15) is 41.2 Å². The van der Waals surface area contributed by atoms with Crippen molar-refractivity contribution in [3.05, 3.63) is 65.7 Å². The van der Waals surface area contributed by atoms with Crippen molar-refractivity contribution in [3.63, 3.8) is 0 Å². The molecule has 6 heteroatoms. The first-order valence-corrected chi connectivity index (χ1v) is 10.1. The molecule has 0 saturated carbocycles. The SMILES string of the molecule is CN1CCCC(N(C)C(=O)c2ccc(NC(=O)CC(N)c3ccccc3)cc2)C1. The van der Waals surface area contributed by atoms with Gasteiger partial charge in [-0.05, 0) is 56.3 Å². The second kappa shape index (κ2) is 9.67. The molecule has 6 nitrogen and oxygen atoms in total. The highest BCUT2D eigenvalue weighted by Crippen LogP contribution is 2.18. The Kier molecular flexibility index (Phi) is 7.01. The van der Waals surface area contributed by atoms with Gasteiger partial charge in [-0.15, -0.1) is 0 Å². The van der Waals surface area contributed by atoms with Crippen molar-refractivity contribution in [2.45, 2.75) is 31.3 Å². The van der Waals surface area contributed by atoms with Gasteiger partial charge >= 0.3 is 0 Å². The van der Waals surface area contributed by atoms with Crippen molar-refractivity contribution >= 4 is 17.5 Å². The van der Waals surface area contributed by atoms with Gasteiger partial charge in [-0.3, -0.25) is 9.59 Å². The summed E-state index contributed by atoms with van der Waals surface area (Å²) in [6.45, 7) is 1.99.